The van der Waals surface area contributed by atoms with Crippen molar-refractivity contribution < 1.29 is 42.2 Å². The second-order valence-corrected chi connectivity index (χ2v) is 21.8. The Kier molecular flexibility index (Phi) is 14.8. The number of aliphatic carboxylic acids is 1. The fraction of sp³-hybridized carbons (Fsp3) is 0.600. The number of sulfonamides is 1. The molecule has 2 saturated carbocycles. The molecule has 1 unspecified atom stereocenters. The summed E-state index contributed by atoms with van der Waals surface area (Å²) in [6.07, 6.45) is 4.93. The predicted molar refractivity (Wildman–Crippen MR) is 247 cm³/mol. The SMILES string of the molecule is C=CC1C[C@]1(NC(=O)[C@@H]1C[C@@H](Oc2cc(-c3csc(NC(C)C)n3)nc3cc(OC)ccc23)CN1C(=O)[C@@H](NC(=O)N[C@H](CN(C)S(=O)(=O)CC)C(C)(C)C)C1CCCCC1)C(=O)O. The second-order valence-electron chi connectivity index (χ2n) is 18.6. The van der Waals surface area contributed by atoms with E-state index >= 15 is 4.79 Å². The quantitative estimate of drug-likeness (QED) is 0.0981. The highest BCUT2D eigenvalue weighted by Gasteiger charge is 2.61. The topological polar surface area (TPSA) is 221 Å². The molecule has 2 aliphatic carbocycles. The van der Waals surface area contributed by atoms with Crippen molar-refractivity contribution in [2.75, 3.05) is 38.3 Å². The fourth-order valence-corrected chi connectivity index (χ4v) is 10.3. The highest BCUT2D eigenvalue weighted by atomic mass is 32.2. The molecule has 1 saturated heterocycles. The number of nitrogens with zero attached hydrogens (tertiary/aromatic N) is 4. The summed E-state index contributed by atoms with van der Waals surface area (Å²) >= 11 is 1.45. The van der Waals surface area contributed by atoms with Crippen LogP contribution in [0.1, 0.15) is 86.5 Å². The molecule has 0 bridgehead atoms. The van der Waals surface area contributed by atoms with Gasteiger partial charge in [0.1, 0.15) is 40.9 Å². The Morgan fingerprint density at radius 1 is 1.09 bits per heavy atom. The summed E-state index contributed by atoms with van der Waals surface area (Å²) in [4.78, 5) is 67.2. The van der Waals surface area contributed by atoms with Crippen molar-refractivity contribution in [1.29, 1.82) is 0 Å². The number of hydrogen-bond donors (Lipinski definition) is 5. The van der Waals surface area contributed by atoms with E-state index in [0.29, 0.717) is 46.6 Å². The number of carbonyl (C=O) groups excluding carboxylic acids is 3. The number of likely N-dealkylation sites (N-methyl/N-ethyl adjacent to an activating group) is 1. The minimum absolute atomic E-state index is 0.0101. The number of anilines is 1. The van der Waals surface area contributed by atoms with Gasteiger partial charge in [0, 0.05) is 60.9 Å². The maximum Gasteiger partial charge on any atom is 0.330 e. The number of carbonyl (C=O) groups is 4. The minimum Gasteiger partial charge on any atom is -0.497 e. The molecular formula is C45H64N8O9S2. The highest BCUT2D eigenvalue weighted by molar-refractivity contribution is 7.89. The highest BCUT2D eigenvalue weighted by Crippen LogP contribution is 2.45. The lowest BCUT2D eigenvalue weighted by molar-refractivity contribution is -0.146. The Balaban J connectivity index is 1.34. The number of thiazole rings is 1. The number of rotatable bonds is 18. The number of methoxy groups -OCH3 is 1. The molecule has 5 N–H and O–H groups in total. The lowest BCUT2D eigenvalue weighted by Gasteiger charge is -2.37. The summed E-state index contributed by atoms with van der Waals surface area (Å²) in [5.74, 6) is -2.17. The molecular weight excluding hydrogens is 861 g/mol. The number of nitrogens with one attached hydrogen (secondary N) is 4. The van der Waals surface area contributed by atoms with Crippen LogP contribution in [0.3, 0.4) is 0 Å². The van der Waals surface area contributed by atoms with Gasteiger partial charge in [0.05, 0.1) is 30.6 Å². The van der Waals surface area contributed by atoms with E-state index in [1.54, 1.807) is 32.2 Å². The molecule has 17 nitrogen and oxygen atoms in total. The largest absolute Gasteiger partial charge is 0.497 e. The van der Waals surface area contributed by atoms with Gasteiger partial charge in [-0.25, -0.2) is 32.3 Å². The lowest BCUT2D eigenvalue weighted by atomic mass is 9.83. The number of fused-ring (bicyclic) bond motifs is 1. The summed E-state index contributed by atoms with van der Waals surface area (Å²) in [5, 5.41) is 25.5. The normalized spacial score (nSPS) is 22.5. The summed E-state index contributed by atoms with van der Waals surface area (Å²) in [7, 11) is -0.516. The number of amides is 4. The third-order valence-corrected chi connectivity index (χ3v) is 15.2. The predicted octanol–water partition coefficient (Wildman–Crippen LogP) is 5.63. The first-order chi connectivity index (χ1) is 30.2. The van der Waals surface area contributed by atoms with Crippen molar-refractivity contribution in [3.8, 4) is 22.9 Å². The zero-order chi connectivity index (χ0) is 46.7. The summed E-state index contributed by atoms with van der Waals surface area (Å²) < 4.78 is 39.0. The van der Waals surface area contributed by atoms with E-state index in [1.165, 1.54) is 33.7 Å². The number of aromatic nitrogens is 2. The van der Waals surface area contributed by atoms with E-state index < -0.39 is 74.9 Å². The Morgan fingerprint density at radius 2 is 1.81 bits per heavy atom. The average Bonchev–Trinajstić information content (AvgIpc) is 3.51. The van der Waals surface area contributed by atoms with Crippen LogP contribution in [0.25, 0.3) is 22.3 Å². The number of carboxylic acid groups (broad SMARTS) is 1. The number of hydrogen-bond acceptors (Lipinski definition) is 12. The Hall–Kier alpha value is -5.01. The van der Waals surface area contributed by atoms with Gasteiger partial charge in [0.15, 0.2) is 5.13 Å². The third kappa shape index (κ3) is 10.9. The molecule has 4 amide bonds. The number of ether oxygens (including phenoxy) is 2. The van der Waals surface area contributed by atoms with Gasteiger partial charge in [0.25, 0.3) is 0 Å². The zero-order valence-corrected chi connectivity index (χ0v) is 39.7. The molecule has 19 heteroatoms. The molecule has 350 valence electrons. The second kappa shape index (κ2) is 19.6. The number of pyridine rings is 1. The average molecular weight is 925 g/mol. The Morgan fingerprint density at radius 3 is 2.42 bits per heavy atom. The molecule has 3 aromatic rings. The van der Waals surface area contributed by atoms with Crippen molar-refractivity contribution in [1.82, 2.24) is 35.1 Å². The first-order valence-corrected chi connectivity index (χ1v) is 24.6. The summed E-state index contributed by atoms with van der Waals surface area (Å²) in [6, 6.07) is 3.88. The Bertz CT molecular complexity index is 2330. The van der Waals surface area contributed by atoms with E-state index in [2.05, 4.69) is 27.8 Å². The van der Waals surface area contributed by atoms with Crippen LogP contribution in [0.5, 0.6) is 11.5 Å². The van der Waals surface area contributed by atoms with Crippen LogP contribution in [-0.4, -0.2) is 125 Å². The van der Waals surface area contributed by atoms with Gasteiger partial charge in [-0.1, -0.05) is 46.1 Å². The summed E-state index contributed by atoms with van der Waals surface area (Å²) in [6.45, 7) is 15.0. The van der Waals surface area contributed by atoms with Gasteiger partial charge in [-0.15, -0.1) is 17.9 Å². The molecule has 64 heavy (non-hydrogen) atoms. The van der Waals surface area contributed by atoms with Crippen molar-refractivity contribution >= 4 is 61.2 Å². The van der Waals surface area contributed by atoms with Gasteiger partial charge < -0.3 is 40.7 Å². The molecule has 3 aliphatic rings. The van der Waals surface area contributed by atoms with Crippen molar-refractivity contribution in [3.05, 3.63) is 42.3 Å². The van der Waals surface area contributed by atoms with Crippen LogP contribution >= 0.6 is 11.3 Å². The molecule has 3 heterocycles. The Labute approximate surface area is 380 Å². The first-order valence-electron chi connectivity index (χ1n) is 22.1. The number of urea groups is 1. The van der Waals surface area contributed by atoms with Gasteiger partial charge in [-0.3, -0.25) is 9.59 Å². The van der Waals surface area contributed by atoms with Gasteiger partial charge in [-0.05, 0) is 63.5 Å². The molecule has 0 spiro atoms. The minimum atomic E-state index is -3.56. The van der Waals surface area contributed by atoms with Crippen LogP contribution in [0.2, 0.25) is 0 Å². The van der Waals surface area contributed by atoms with Crippen LogP contribution in [0.4, 0.5) is 9.93 Å². The van der Waals surface area contributed by atoms with Crippen molar-refractivity contribution in [3.63, 3.8) is 0 Å². The maximum atomic E-state index is 15.2. The van der Waals surface area contributed by atoms with Gasteiger partial charge in [-0.2, -0.15) is 0 Å². The van der Waals surface area contributed by atoms with E-state index in [9.17, 15) is 27.9 Å². The van der Waals surface area contributed by atoms with E-state index in [4.69, 9.17) is 19.4 Å². The molecule has 1 aliphatic heterocycles. The lowest BCUT2D eigenvalue weighted by Crippen LogP contribution is -2.61. The number of likely N-dealkylation sites (tertiary alicyclic amines) is 1. The smallest absolute Gasteiger partial charge is 0.330 e. The van der Waals surface area contributed by atoms with Crippen LogP contribution in [0, 0.1) is 17.3 Å². The molecule has 6 rings (SSSR count). The fourth-order valence-electron chi connectivity index (χ4n) is 8.61. The van der Waals surface area contributed by atoms with Gasteiger partial charge in [0.2, 0.25) is 21.8 Å². The third-order valence-electron chi connectivity index (χ3n) is 12.6. The zero-order valence-electron chi connectivity index (χ0n) is 38.1. The van der Waals surface area contributed by atoms with E-state index in [-0.39, 0.29) is 43.6 Å². The van der Waals surface area contributed by atoms with Gasteiger partial charge >= 0.3 is 12.0 Å². The van der Waals surface area contributed by atoms with Crippen molar-refractivity contribution in [2.45, 2.75) is 122 Å². The molecule has 2 aromatic heterocycles. The number of benzene rings is 1. The van der Waals surface area contributed by atoms with Crippen molar-refractivity contribution in [2.24, 2.45) is 17.3 Å². The summed E-state index contributed by atoms with van der Waals surface area (Å²) in [5.41, 5.74) is -0.389. The first kappa shape index (κ1) is 48.4. The van der Waals surface area contributed by atoms with Crippen LogP contribution in [0.15, 0.2) is 42.3 Å². The maximum absolute atomic E-state index is 15.2. The molecule has 6 atom stereocenters. The molecule has 0 radical (unpaired) electrons. The number of carboxylic acids is 1. The molecule has 1 aromatic carbocycles. The van der Waals surface area contributed by atoms with E-state index in [1.807, 2.05) is 46.1 Å². The van der Waals surface area contributed by atoms with Crippen LogP contribution < -0.4 is 30.7 Å². The van der Waals surface area contributed by atoms with Crippen LogP contribution in [-0.2, 0) is 24.4 Å². The molecule has 3 fully saturated rings. The monoisotopic (exact) mass is 924 g/mol. The standard InChI is InChI=1S/C45H64N8O9S2/c1-10-28-22-45(28,41(56)57)51-39(54)35-20-30(62-36-21-33(34-25-63-43(48-34)46-26(3)4)47-32-19-29(61-9)17-18-31(32)36)23-53(35)40(55)38(27-15-13-12-14-16-27)50-42(58)49-37(44(5,6)7)24-52(8)64(59,60)11-2/h10,17-19,21,25-28,30,35,37-38H,1,11-16,20,22-24H2,2-9H3,(H,46,48)(H,51,54)(H,56,57)(H2,49,50,58)/t28?,30-,35+,37-,38+,45-/m1/s1. The van der Waals surface area contributed by atoms with E-state index in [0.717, 1.165) is 24.4 Å².